The summed E-state index contributed by atoms with van der Waals surface area (Å²) in [4.78, 5) is 14.6. The number of rotatable bonds is 8. The van der Waals surface area contributed by atoms with Crippen LogP contribution in [0.4, 0.5) is 0 Å². The van der Waals surface area contributed by atoms with Gasteiger partial charge in [-0.1, -0.05) is 0 Å². The lowest BCUT2D eigenvalue weighted by Gasteiger charge is -2.15. The summed E-state index contributed by atoms with van der Waals surface area (Å²) in [6.45, 7) is 5.17. The van der Waals surface area contributed by atoms with E-state index in [4.69, 9.17) is 10.5 Å². The van der Waals surface area contributed by atoms with Crippen molar-refractivity contribution in [3.63, 3.8) is 0 Å². The van der Waals surface area contributed by atoms with Crippen LogP contribution in [0.3, 0.4) is 0 Å². The summed E-state index contributed by atoms with van der Waals surface area (Å²) in [6.07, 6.45) is 6.23. The fourth-order valence-electron chi connectivity index (χ4n) is 2.52. The SMILES string of the molecule is NCCCCn1cccc(OCCN2CCCC2)c1=O. The highest BCUT2D eigenvalue weighted by Crippen LogP contribution is 2.07. The Morgan fingerprint density at radius 3 is 2.75 bits per heavy atom. The second-order valence-electron chi connectivity index (χ2n) is 5.26. The lowest BCUT2D eigenvalue weighted by Crippen LogP contribution is -2.27. The molecule has 1 aliphatic rings. The van der Waals surface area contributed by atoms with Crippen molar-refractivity contribution in [2.75, 3.05) is 32.8 Å². The molecule has 0 radical (unpaired) electrons. The molecule has 5 heteroatoms. The highest BCUT2D eigenvalue weighted by atomic mass is 16.5. The van der Waals surface area contributed by atoms with Crippen LogP contribution in [0.1, 0.15) is 25.7 Å². The van der Waals surface area contributed by atoms with E-state index in [1.807, 2.05) is 12.3 Å². The fraction of sp³-hybridized carbons (Fsp3) is 0.667. The zero-order valence-electron chi connectivity index (χ0n) is 12.1. The van der Waals surface area contributed by atoms with E-state index in [0.717, 1.165) is 32.5 Å². The molecule has 0 saturated carbocycles. The van der Waals surface area contributed by atoms with Gasteiger partial charge in [0.05, 0.1) is 0 Å². The van der Waals surface area contributed by atoms with Gasteiger partial charge in [0, 0.05) is 19.3 Å². The van der Waals surface area contributed by atoms with Gasteiger partial charge >= 0.3 is 0 Å². The van der Waals surface area contributed by atoms with E-state index in [9.17, 15) is 4.79 Å². The van der Waals surface area contributed by atoms with Gasteiger partial charge in [-0.3, -0.25) is 9.69 Å². The Labute approximate surface area is 120 Å². The molecule has 2 heterocycles. The van der Waals surface area contributed by atoms with Gasteiger partial charge in [-0.2, -0.15) is 0 Å². The normalized spacial score (nSPS) is 15.7. The Morgan fingerprint density at radius 1 is 1.20 bits per heavy atom. The van der Waals surface area contributed by atoms with Crippen LogP contribution in [0.5, 0.6) is 5.75 Å². The molecule has 1 saturated heterocycles. The third-order valence-corrected chi connectivity index (χ3v) is 3.70. The van der Waals surface area contributed by atoms with Crippen LogP contribution in [0.2, 0.25) is 0 Å². The van der Waals surface area contributed by atoms with E-state index < -0.39 is 0 Å². The van der Waals surface area contributed by atoms with E-state index in [0.29, 0.717) is 25.4 Å². The molecule has 5 nitrogen and oxygen atoms in total. The van der Waals surface area contributed by atoms with Crippen molar-refractivity contribution in [1.82, 2.24) is 9.47 Å². The van der Waals surface area contributed by atoms with Gasteiger partial charge in [-0.05, 0) is 57.5 Å². The Balaban J connectivity index is 1.84. The number of nitrogens with zero attached hydrogens (tertiary/aromatic N) is 2. The molecule has 1 aliphatic heterocycles. The third-order valence-electron chi connectivity index (χ3n) is 3.70. The Kier molecular flexibility index (Phi) is 6.08. The number of pyridine rings is 1. The number of ether oxygens (including phenoxy) is 1. The predicted octanol–water partition coefficient (Wildman–Crippen LogP) is 1.06. The lowest BCUT2D eigenvalue weighted by molar-refractivity contribution is 0.234. The highest BCUT2D eigenvalue weighted by molar-refractivity contribution is 5.17. The molecule has 1 aromatic heterocycles. The summed E-state index contributed by atoms with van der Waals surface area (Å²) in [5, 5.41) is 0. The van der Waals surface area contributed by atoms with Gasteiger partial charge in [0.2, 0.25) is 0 Å². The van der Waals surface area contributed by atoms with Crippen molar-refractivity contribution in [2.45, 2.75) is 32.2 Å². The minimum absolute atomic E-state index is 0.0362. The number of hydrogen-bond acceptors (Lipinski definition) is 4. The van der Waals surface area contributed by atoms with Crippen LogP contribution in [0.15, 0.2) is 23.1 Å². The molecule has 0 spiro atoms. The zero-order chi connectivity index (χ0) is 14.2. The second-order valence-corrected chi connectivity index (χ2v) is 5.26. The molecule has 112 valence electrons. The van der Waals surface area contributed by atoms with Gasteiger partial charge in [-0.15, -0.1) is 0 Å². The van der Waals surface area contributed by atoms with Crippen LogP contribution in [-0.4, -0.2) is 42.3 Å². The predicted molar refractivity (Wildman–Crippen MR) is 80.2 cm³/mol. The first-order chi connectivity index (χ1) is 9.81. The van der Waals surface area contributed by atoms with Crippen molar-refractivity contribution in [1.29, 1.82) is 0 Å². The van der Waals surface area contributed by atoms with Crippen molar-refractivity contribution in [3.05, 3.63) is 28.7 Å². The van der Waals surface area contributed by atoms with Gasteiger partial charge < -0.3 is 15.0 Å². The largest absolute Gasteiger partial charge is 0.487 e. The molecule has 2 rings (SSSR count). The van der Waals surface area contributed by atoms with Gasteiger partial charge in [0.1, 0.15) is 6.61 Å². The molecule has 0 atom stereocenters. The molecular weight excluding hydrogens is 254 g/mol. The van der Waals surface area contributed by atoms with Crippen molar-refractivity contribution < 1.29 is 4.74 Å². The maximum atomic E-state index is 12.2. The summed E-state index contributed by atoms with van der Waals surface area (Å²) in [5.74, 6) is 0.458. The first kappa shape index (κ1) is 15.1. The second kappa shape index (κ2) is 8.07. The molecule has 1 fully saturated rings. The van der Waals surface area contributed by atoms with E-state index in [1.54, 1.807) is 10.6 Å². The summed E-state index contributed by atoms with van der Waals surface area (Å²) in [6, 6.07) is 3.63. The van der Waals surface area contributed by atoms with Gasteiger partial charge in [0.15, 0.2) is 5.75 Å². The first-order valence-electron chi connectivity index (χ1n) is 7.56. The first-order valence-corrected chi connectivity index (χ1v) is 7.56. The third kappa shape index (κ3) is 4.35. The number of unbranched alkanes of at least 4 members (excludes halogenated alkanes) is 1. The quantitative estimate of drug-likeness (QED) is 0.723. The maximum absolute atomic E-state index is 12.2. The monoisotopic (exact) mass is 279 g/mol. The molecule has 1 aromatic rings. The number of aromatic nitrogens is 1. The summed E-state index contributed by atoms with van der Waals surface area (Å²) in [5.41, 5.74) is 5.43. The highest BCUT2D eigenvalue weighted by Gasteiger charge is 2.11. The van der Waals surface area contributed by atoms with Crippen molar-refractivity contribution in [3.8, 4) is 5.75 Å². The van der Waals surface area contributed by atoms with Crippen LogP contribution >= 0.6 is 0 Å². The van der Waals surface area contributed by atoms with Gasteiger partial charge in [-0.25, -0.2) is 0 Å². The molecule has 0 aliphatic carbocycles. The number of nitrogens with two attached hydrogens (primary N) is 1. The standard InChI is InChI=1S/C15H25N3O2/c16-7-1-2-10-18-11-5-6-14(15(18)19)20-13-12-17-8-3-4-9-17/h5-6,11H,1-4,7-10,12-13,16H2. The van der Waals surface area contributed by atoms with Crippen LogP contribution in [-0.2, 0) is 6.54 Å². The molecule has 0 bridgehead atoms. The Bertz CT molecular complexity index is 453. The molecule has 0 unspecified atom stereocenters. The smallest absolute Gasteiger partial charge is 0.292 e. The lowest BCUT2D eigenvalue weighted by atomic mass is 10.3. The zero-order valence-corrected chi connectivity index (χ0v) is 12.1. The van der Waals surface area contributed by atoms with Crippen LogP contribution < -0.4 is 16.0 Å². The minimum Gasteiger partial charge on any atom is -0.487 e. The summed E-state index contributed by atoms with van der Waals surface area (Å²) >= 11 is 0. The topological polar surface area (TPSA) is 60.5 Å². The van der Waals surface area contributed by atoms with Crippen LogP contribution in [0.25, 0.3) is 0 Å². The van der Waals surface area contributed by atoms with Gasteiger partial charge in [0.25, 0.3) is 5.56 Å². The Morgan fingerprint density at radius 2 is 2.00 bits per heavy atom. The average Bonchev–Trinajstić information content (AvgIpc) is 2.96. The number of likely N-dealkylation sites (tertiary alicyclic amines) is 1. The molecule has 2 N–H and O–H groups in total. The summed E-state index contributed by atoms with van der Waals surface area (Å²) < 4.78 is 7.36. The van der Waals surface area contributed by atoms with Crippen molar-refractivity contribution in [2.24, 2.45) is 5.73 Å². The van der Waals surface area contributed by atoms with E-state index >= 15 is 0 Å². The van der Waals surface area contributed by atoms with Crippen LogP contribution in [0, 0.1) is 0 Å². The van der Waals surface area contributed by atoms with Crippen molar-refractivity contribution >= 4 is 0 Å². The molecule has 0 aromatic carbocycles. The molecule has 0 amide bonds. The summed E-state index contributed by atoms with van der Waals surface area (Å²) in [7, 11) is 0. The van der Waals surface area contributed by atoms with E-state index in [1.165, 1.54) is 12.8 Å². The number of aryl methyl sites for hydroxylation is 1. The molecular formula is C15H25N3O2. The Hall–Kier alpha value is -1.33. The molecule has 20 heavy (non-hydrogen) atoms. The maximum Gasteiger partial charge on any atom is 0.292 e. The van der Waals surface area contributed by atoms with E-state index in [2.05, 4.69) is 4.90 Å². The fourth-order valence-corrected chi connectivity index (χ4v) is 2.52. The average molecular weight is 279 g/mol. The van der Waals surface area contributed by atoms with E-state index in [-0.39, 0.29) is 5.56 Å². The number of hydrogen-bond donors (Lipinski definition) is 1. The minimum atomic E-state index is -0.0362.